The summed E-state index contributed by atoms with van der Waals surface area (Å²) in [6.45, 7) is 3.66. The number of hydrogen-bond acceptors (Lipinski definition) is 1. The number of rotatable bonds is 1. The summed E-state index contributed by atoms with van der Waals surface area (Å²) < 4.78 is 0. The zero-order valence-electron chi connectivity index (χ0n) is 10.4. The van der Waals surface area contributed by atoms with Gasteiger partial charge in [-0.15, -0.1) is 0 Å². The molecule has 0 bridgehead atoms. The molecule has 1 nitrogen and oxygen atoms in total. The van der Waals surface area contributed by atoms with Crippen LogP contribution in [0.5, 0.6) is 0 Å². The third-order valence-electron chi connectivity index (χ3n) is 3.84. The maximum absolute atomic E-state index is 9.76. The zero-order chi connectivity index (χ0) is 13.0. The minimum Gasteiger partial charge on any atom is -0.508 e. The zero-order valence-corrected chi connectivity index (χ0v) is 10.4. The first-order valence-electron chi connectivity index (χ1n) is 6.30. The summed E-state index contributed by atoms with van der Waals surface area (Å²) in [5.41, 5.74) is 0.811. The van der Waals surface area contributed by atoms with Gasteiger partial charge < -0.3 is 5.11 Å². The maximum Gasteiger partial charge on any atom is 0.116 e. The molecule has 0 atom stereocenters. The fraction of sp³-hybridized carbons (Fsp3) is 0. The van der Waals surface area contributed by atoms with Crippen LogP contribution in [0, 0.1) is 0 Å². The van der Waals surface area contributed by atoms with Crippen molar-refractivity contribution in [1.29, 1.82) is 0 Å². The van der Waals surface area contributed by atoms with Crippen molar-refractivity contribution in [2.24, 2.45) is 0 Å². The SMILES string of the molecule is C=C(O)c1ccc2ccc3cccc4ccc1c2c34. The molecule has 0 unspecified atom stereocenters. The van der Waals surface area contributed by atoms with Crippen LogP contribution in [0.25, 0.3) is 38.1 Å². The molecule has 4 aromatic carbocycles. The predicted molar refractivity (Wildman–Crippen MR) is 81.8 cm³/mol. The van der Waals surface area contributed by atoms with Gasteiger partial charge in [0.15, 0.2) is 0 Å². The van der Waals surface area contributed by atoms with E-state index in [-0.39, 0.29) is 5.76 Å². The van der Waals surface area contributed by atoms with Gasteiger partial charge in [0, 0.05) is 5.56 Å². The Balaban J connectivity index is 2.38. The summed E-state index contributed by atoms with van der Waals surface area (Å²) in [5.74, 6) is 0.123. The van der Waals surface area contributed by atoms with Crippen molar-refractivity contribution in [1.82, 2.24) is 0 Å². The van der Waals surface area contributed by atoms with Gasteiger partial charge >= 0.3 is 0 Å². The molecule has 90 valence electrons. The lowest BCUT2D eigenvalue weighted by atomic mass is 9.92. The van der Waals surface area contributed by atoms with E-state index in [1.807, 2.05) is 12.1 Å². The third kappa shape index (κ3) is 1.30. The van der Waals surface area contributed by atoms with Crippen LogP contribution >= 0.6 is 0 Å². The van der Waals surface area contributed by atoms with Crippen molar-refractivity contribution < 1.29 is 5.11 Å². The molecule has 0 aliphatic rings. The van der Waals surface area contributed by atoms with Crippen LogP contribution in [0.15, 0.2) is 61.2 Å². The smallest absolute Gasteiger partial charge is 0.116 e. The Labute approximate surface area is 110 Å². The summed E-state index contributed by atoms with van der Waals surface area (Å²) in [6.07, 6.45) is 0. The van der Waals surface area contributed by atoms with Crippen LogP contribution in [-0.4, -0.2) is 5.11 Å². The summed E-state index contributed by atoms with van der Waals surface area (Å²) >= 11 is 0. The second-order valence-corrected chi connectivity index (χ2v) is 4.92. The van der Waals surface area contributed by atoms with Crippen LogP contribution in [0.2, 0.25) is 0 Å². The van der Waals surface area contributed by atoms with Crippen molar-refractivity contribution in [2.75, 3.05) is 0 Å². The lowest BCUT2D eigenvalue weighted by Crippen LogP contribution is -1.88. The second kappa shape index (κ2) is 3.48. The van der Waals surface area contributed by atoms with Crippen LogP contribution in [-0.2, 0) is 0 Å². The van der Waals surface area contributed by atoms with Crippen LogP contribution < -0.4 is 0 Å². The predicted octanol–water partition coefficient (Wildman–Crippen LogP) is 5.11. The molecule has 1 N–H and O–H groups in total. The summed E-state index contributed by atoms with van der Waals surface area (Å²) in [6, 6.07) is 18.8. The molecule has 0 saturated heterocycles. The van der Waals surface area contributed by atoms with Gasteiger partial charge in [-0.3, -0.25) is 0 Å². The molecule has 19 heavy (non-hydrogen) atoms. The Kier molecular flexibility index (Phi) is 1.91. The van der Waals surface area contributed by atoms with Crippen LogP contribution in [0.3, 0.4) is 0 Å². The molecule has 0 radical (unpaired) electrons. The van der Waals surface area contributed by atoms with Gasteiger partial charge in [0.05, 0.1) is 0 Å². The van der Waals surface area contributed by atoms with Crippen LogP contribution in [0.1, 0.15) is 5.56 Å². The summed E-state index contributed by atoms with van der Waals surface area (Å²) in [4.78, 5) is 0. The highest BCUT2D eigenvalue weighted by molar-refractivity contribution is 6.24. The number of aliphatic hydroxyl groups excluding tert-OH is 1. The van der Waals surface area contributed by atoms with E-state index in [0.29, 0.717) is 0 Å². The molecule has 0 heterocycles. The Morgan fingerprint density at radius 3 is 2.00 bits per heavy atom. The Bertz CT molecular complexity index is 918. The molecule has 4 aromatic rings. The average Bonchev–Trinajstić information content (AvgIpc) is 2.44. The first-order valence-corrected chi connectivity index (χ1v) is 6.30. The average molecular weight is 244 g/mol. The summed E-state index contributed by atoms with van der Waals surface area (Å²) in [7, 11) is 0. The van der Waals surface area contributed by atoms with Crippen molar-refractivity contribution in [3.63, 3.8) is 0 Å². The van der Waals surface area contributed by atoms with E-state index in [2.05, 4.69) is 49.0 Å². The van der Waals surface area contributed by atoms with E-state index < -0.39 is 0 Å². The lowest BCUT2D eigenvalue weighted by molar-refractivity contribution is 0.515. The van der Waals surface area contributed by atoms with Crippen molar-refractivity contribution in [3.05, 3.63) is 66.7 Å². The first-order chi connectivity index (χ1) is 9.25. The van der Waals surface area contributed by atoms with E-state index in [1.54, 1.807) is 0 Å². The van der Waals surface area contributed by atoms with Gasteiger partial charge in [-0.25, -0.2) is 0 Å². The van der Waals surface area contributed by atoms with Gasteiger partial charge in [0.1, 0.15) is 5.76 Å². The van der Waals surface area contributed by atoms with Crippen molar-refractivity contribution >= 4 is 38.1 Å². The van der Waals surface area contributed by atoms with Gasteiger partial charge in [0.2, 0.25) is 0 Å². The monoisotopic (exact) mass is 244 g/mol. The van der Waals surface area contributed by atoms with Gasteiger partial charge in [-0.2, -0.15) is 0 Å². The number of aliphatic hydroxyl groups is 1. The largest absolute Gasteiger partial charge is 0.508 e. The van der Waals surface area contributed by atoms with E-state index >= 15 is 0 Å². The maximum atomic E-state index is 9.76. The van der Waals surface area contributed by atoms with Crippen molar-refractivity contribution in [3.8, 4) is 0 Å². The fourth-order valence-electron chi connectivity index (χ4n) is 2.99. The van der Waals surface area contributed by atoms with E-state index in [0.717, 1.165) is 10.9 Å². The molecular formula is C18H12O. The Hall–Kier alpha value is -2.54. The highest BCUT2D eigenvalue weighted by atomic mass is 16.3. The van der Waals surface area contributed by atoms with Crippen LogP contribution in [0.4, 0.5) is 0 Å². The Morgan fingerprint density at radius 1 is 0.737 bits per heavy atom. The quantitative estimate of drug-likeness (QED) is 0.364. The summed E-state index contributed by atoms with van der Waals surface area (Å²) in [5, 5.41) is 17.0. The molecule has 0 saturated carbocycles. The van der Waals surface area contributed by atoms with E-state index in [1.165, 1.54) is 26.9 Å². The molecule has 0 aromatic heterocycles. The Morgan fingerprint density at radius 2 is 1.32 bits per heavy atom. The first kappa shape index (κ1) is 10.4. The molecule has 1 heteroatoms. The normalized spacial score (nSPS) is 11.6. The molecular weight excluding hydrogens is 232 g/mol. The molecule has 0 amide bonds. The molecule has 0 aliphatic heterocycles. The topological polar surface area (TPSA) is 20.2 Å². The minimum absolute atomic E-state index is 0.123. The van der Waals surface area contributed by atoms with Gasteiger partial charge in [0.25, 0.3) is 0 Å². The van der Waals surface area contributed by atoms with Gasteiger partial charge in [-0.1, -0.05) is 61.2 Å². The fourth-order valence-corrected chi connectivity index (χ4v) is 2.99. The molecule has 0 aliphatic carbocycles. The molecule has 0 spiro atoms. The minimum atomic E-state index is 0.123. The second-order valence-electron chi connectivity index (χ2n) is 4.92. The highest BCUT2D eigenvalue weighted by Crippen LogP contribution is 2.36. The number of benzene rings is 4. The van der Waals surface area contributed by atoms with Crippen molar-refractivity contribution in [2.45, 2.75) is 0 Å². The van der Waals surface area contributed by atoms with E-state index in [9.17, 15) is 5.11 Å². The molecule has 4 rings (SSSR count). The number of hydrogen-bond donors (Lipinski definition) is 1. The third-order valence-corrected chi connectivity index (χ3v) is 3.84. The highest BCUT2D eigenvalue weighted by Gasteiger charge is 2.11. The lowest BCUT2D eigenvalue weighted by Gasteiger charge is -2.13. The van der Waals surface area contributed by atoms with Gasteiger partial charge in [-0.05, 0) is 32.3 Å². The van der Waals surface area contributed by atoms with E-state index in [4.69, 9.17) is 0 Å². The molecule has 0 fully saturated rings. The standard InChI is InChI=1S/C18H12O/c1-11(19)15-9-7-14-6-5-12-3-2-4-13-8-10-16(15)18(14)17(12)13/h2-10,19H,1H2.